The summed E-state index contributed by atoms with van der Waals surface area (Å²) < 4.78 is 0. The van der Waals surface area contributed by atoms with Crippen LogP contribution in [0.4, 0.5) is 0 Å². The summed E-state index contributed by atoms with van der Waals surface area (Å²) in [5.41, 5.74) is 1.72. The SMILES string of the molecule is CC(C)(C)c1cnc(CC(=O)N2CCC2)cn1. The van der Waals surface area contributed by atoms with Gasteiger partial charge in [-0.25, -0.2) is 0 Å². The fraction of sp³-hybridized carbons (Fsp3) is 0.615. The molecule has 0 aromatic carbocycles. The lowest BCUT2D eigenvalue weighted by atomic mass is 9.93. The van der Waals surface area contributed by atoms with E-state index in [2.05, 4.69) is 30.7 Å². The molecule has 0 spiro atoms. The first-order valence-electron chi connectivity index (χ1n) is 6.06. The Kier molecular flexibility index (Phi) is 3.13. The Bertz CT molecular complexity index is 402. The molecule has 17 heavy (non-hydrogen) atoms. The van der Waals surface area contributed by atoms with Crippen molar-refractivity contribution in [1.29, 1.82) is 0 Å². The normalized spacial score (nSPS) is 15.6. The smallest absolute Gasteiger partial charge is 0.228 e. The number of hydrogen-bond donors (Lipinski definition) is 0. The zero-order valence-corrected chi connectivity index (χ0v) is 10.7. The minimum atomic E-state index is 0.00696. The van der Waals surface area contributed by atoms with Gasteiger partial charge in [0.25, 0.3) is 0 Å². The van der Waals surface area contributed by atoms with Gasteiger partial charge in [0, 0.05) is 30.9 Å². The van der Waals surface area contributed by atoms with Crippen LogP contribution in [0.3, 0.4) is 0 Å². The lowest BCUT2D eigenvalue weighted by Gasteiger charge is -2.30. The van der Waals surface area contributed by atoms with Crippen LogP contribution in [0.2, 0.25) is 0 Å². The van der Waals surface area contributed by atoms with Crippen LogP contribution < -0.4 is 0 Å². The molecule has 1 aromatic heterocycles. The highest BCUT2D eigenvalue weighted by molar-refractivity contribution is 5.78. The molecule has 0 unspecified atom stereocenters. The molecule has 1 aromatic rings. The van der Waals surface area contributed by atoms with Crippen LogP contribution in [0.25, 0.3) is 0 Å². The van der Waals surface area contributed by atoms with Crippen LogP contribution in [0.15, 0.2) is 12.4 Å². The maximum absolute atomic E-state index is 11.7. The lowest BCUT2D eigenvalue weighted by Crippen LogP contribution is -2.42. The first-order valence-corrected chi connectivity index (χ1v) is 6.06. The van der Waals surface area contributed by atoms with Crippen molar-refractivity contribution in [3.05, 3.63) is 23.8 Å². The Morgan fingerprint density at radius 2 is 2.00 bits per heavy atom. The van der Waals surface area contributed by atoms with Crippen molar-refractivity contribution in [3.63, 3.8) is 0 Å². The summed E-state index contributed by atoms with van der Waals surface area (Å²) in [6.07, 6.45) is 4.99. The lowest BCUT2D eigenvalue weighted by molar-refractivity contribution is -0.133. The topological polar surface area (TPSA) is 46.1 Å². The maximum Gasteiger partial charge on any atom is 0.228 e. The Balaban J connectivity index is 2.00. The highest BCUT2D eigenvalue weighted by Crippen LogP contribution is 2.18. The van der Waals surface area contributed by atoms with Crippen molar-refractivity contribution in [2.24, 2.45) is 0 Å². The van der Waals surface area contributed by atoms with Gasteiger partial charge in [-0.3, -0.25) is 14.8 Å². The Labute approximate surface area is 102 Å². The number of likely N-dealkylation sites (tertiary alicyclic amines) is 1. The molecule has 1 aliphatic rings. The number of nitrogens with zero attached hydrogens (tertiary/aromatic N) is 3. The Morgan fingerprint density at radius 3 is 2.41 bits per heavy atom. The van der Waals surface area contributed by atoms with E-state index in [1.807, 2.05) is 4.90 Å². The highest BCUT2D eigenvalue weighted by atomic mass is 16.2. The van der Waals surface area contributed by atoms with Crippen molar-refractivity contribution < 1.29 is 4.79 Å². The molecular formula is C13H19N3O. The fourth-order valence-corrected chi connectivity index (χ4v) is 1.67. The largest absolute Gasteiger partial charge is 0.342 e. The molecule has 0 bridgehead atoms. The van der Waals surface area contributed by atoms with Crippen LogP contribution in [0.5, 0.6) is 0 Å². The summed E-state index contributed by atoms with van der Waals surface area (Å²) in [6.45, 7) is 8.09. The van der Waals surface area contributed by atoms with E-state index in [0.717, 1.165) is 30.9 Å². The van der Waals surface area contributed by atoms with Crippen molar-refractivity contribution in [2.75, 3.05) is 13.1 Å². The molecule has 0 atom stereocenters. The average molecular weight is 233 g/mol. The van der Waals surface area contributed by atoms with Gasteiger partial charge in [0.15, 0.2) is 0 Å². The standard InChI is InChI=1S/C13H19N3O/c1-13(2,3)11-9-14-10(8-15-11)7-12(17)16-5-4-6-16/h8-9H,4-7H2,1-3H3. The van der Waals surface area contributed by atoms with Gasteiger partial charge in [0.2, 0.25) is 5.91 Å². The molecule has 4 nitrogen and oxygen atoms in total. The van der Waals surface area contributed by atoms with Gasteiger partial charge in [-0.1, -0.05) is 20.8 Å². The molecule has 0 N–H and O–H groups in total. The summed E-state index contributed by atoms with van der Waals surface area (Å²) in [7, 11) is 0. The monoisotopic (exact) mass is 233 g/mol. The van der Waals surface area contributed by atoms with E-state index in [-0.39, 0.29) is 11.3 Å². The molecule has 1 amide bonds. The predicted molar refractivity (Wildman–Crippen MR) is 65.6 cm³/mol. The van der Waals surface area contributed by atoms with E-state index in [9.17, 15) is 4.79 Å². The third kappa shape index (κ3) is 2.81. The molecule has 4 heteroatoms. The fourth-order valence-electron chi connectivity index (χ4n) is 1.67. The summed E-state index contributed by atoms with van der Waals surface area (Å²) in [5, 5.41) is 0. The van der Waals surface area contributed by atoms with Gasteiger partial charge in [-0.15, -0.1) is 0 Å². The van der Waals surface area contributed by atoms with E-state index >= 15 is 0 Å². The molecule has 1 fully saturated rings. The van der Waals surface area contributed by atoms with Crippen LogP contribution in [-0.4, -0.2) is 33.9 Å². The van der Waals surface area contributed by atoms with Gasteiger partial charge in [0.05, 0.1) is 17.8 Å². The Hall–Kier alpha value is -1.45. The highest BCUT2D eigenvalue weighted by Gasteiger charge is 2.21. The van der Waals surface area contributed by atoms with Gasteiger partial charge in [-0.05, 0) is 6.42 Å². The van der Waals surface area contributed by atoms with Gasteiger partial charge < -0.3 is 4.90 Å². The molecule has 92 valence electrons. The predicted octanol–water partition coefficient (Wildman–Crippen LogP) is 1.55. The number of rotatable bonds is 2. The van der Waals surface area contributed by atoms with Crippen molar-refractivity contribution in [3.8, 4) is 0 Å². The molecule has 0 aliphatic carbocycles. The number of amides is 1. The summed E-state index contributed by atoms with van der Waals surface area (Å²) >= 11 is 0. The average Bonchev–Trinajstić information content (AvgIpc) is 2.13. The summed E-state index contributed by atoms with van der Waals surface area (Å²) in [6, 6.07) is 0. The Morgan fingerprint density at radius 1 is 1.29 bits per heavy atom. The van der Waals surface area contributed by atoms with Crippen LogP contribution in [-0.2, 0) is 16.6 Å². The zero-order chi connectivity index (χ0) is 12.5. The summed E-state index contributed by atoms with van der Waals surface area (Å²) in [4.78, 5) is 22.3. The molecule has 1 aliphatic heterocycles. The summed E-state index contributed by atoms with van der Waals surface area (Å²) in [5.74, 6) is 0.161. The molecule has 2 rings (SSSR count). The minimum Gasteiger partial charge on any atom is -0.342 e. The van der Waals surface area contributed by atoms with Crippen molar-refractivity contribution in [1.82, 2.24) is 14.9 Å². The van der Waals surface area contributed by atoms with Crippen LogP contribution in [0, 0.1) is 0 Å². The van der Waals surface area contributed by atoms with Crippen LogP contribution in [0.1, 0.15) is 38.6 Å². The molecule has 0 saturated carbocycles. The first kappa shape index (κ1) is 12.0. The first-order chi connectivity index (χ1) is 7.97. The molecule has 2 heterocycles. The van der Waals surface area contributed by atoms with Gasteiger partial charge in [-0.2, -0.15) is 0 Å². The van der Waals surface area contributed by atoms with Crippen LogP contribution >= 0.6 is 0 Å². The molecule has 0 radical (unpaired) electrons. The second-order valence-corrected chi connectivity index (χ2v) is 5.55. The number of carbonyl (C=O) groups is 1. The number of aromatic nitrogens is 2. The van der Waals surface area contributed by atoms with E-state index in [4.69, 9.17) is 0 Å². The van der Waals surface area contributed by atoms with Gasteiger partial charge in [0.1, 0.15) is 0 Å². The van der Waals surface area contributed by atoms with E-state index in [0.29, 0.717) is 6.42 Å². The number of hydrogen-bond acceptors (Lipinski definition) is 3. The van der Waals surface area contributed by atoms with E-state index < -0.39 is 0 Å². The molecule has 1 saturated heterocycles. The van der Waals surface area contributed by atoms with Crippen molar-refractivity contribution >= 4 is 5.91 Å². The molecular weight excluding hydrogens is 214 g/mol. The quantitative estimate of drug-likeness (QED) is 0.778. The third-order valence-electron chi connectivity index (χ3n) is 3.01. The second kappa shape index (κ2) is 4.43. The second-order valence-electron chi connectivity index (χ2n) is 5.55. The van der Waals surface area contributed by atoms with E-state index in [1.54, 1.807) is 12.4 Å². The minimum absolute atomic E-state index is 0.00696. The van der Waals surface area contributed by atoms with Crippen molar-refractivity contribution in [2.45, 2.75) is 39.0 Å². The van der Waals surface area contributed by atoms with Gasteiger partial charge >= 0.3 is 0 Å². The zero-order valence-electron chi connectivity index (χ0n) is 10.7. The third-order valence-corrected chi connectivity index (χ3v) is 3.01. The number of carbonyl (C=O) groups excluding carboxylic acids is 1. The maximum atomic E-state index is 11.7. The van der Waals surface area contributed by atoms with E-state index in [1.165, 1.54) is 0 Å².